The number of hydrogen-bond donors (Lipinski definition) is 1. The van der Waals surface area contributed by atoms with Crippen molar-refractivity contribution in [2.75, 3.05) is 18.0 Å². The first kappa shape index (κ1) is 21.1. The largest absolute Gasteiger partial charge is 0.361 e. The van der Waals surface area contributed by atoms with E-state index in [1.165, 1.54) is 9.13 Å². The van der Waals surface area contributed by atoms with E-state index in [1.54, 1.807) is 20.0 Å². The molecular weight excluding hydrogens is 398 g/mol. The van der Waals surface area contributed by atoms with E-state index in [0.29, 0.717) is 41.7 Å². The maximum atomic E-state index is 13.5. The first-order valence-corrected chi connectivity index (χ1v) is 10.5. The molecule has 10 heteroatoms. The molecule has 0 spiro atoms. The van der Waals surface area contributed by atoms with Crippen LogP contribution < -0.4 is 21.9 Å². The van der Waals surface area contributed by atoms with Gasteiger partial charge in [-0.3, -0.25) is 13.9 Å². The van der Waals surface area contributed by atoms with Crippen LogP contribution in [0.15, 0.2) is 31.8 Å². The molecule has 0 aliphatic carbocycles. The number of piperidine rings is 1. The standard InChI is InChI=1S/C21H29N7O3/c1-13(2)7-9-27-17-18(23-20(27)26-8-5-6-15(22)11-26)25(4)21(30)28(19(17)29)12-16-10-14(3)31-24-16/h7,10,15H,5-6,8-9,11-12,22H2,1-4H3. The van der Waals surface area contributed by atoms with Gasteiger partial charge in [0.15, 0.2) is 11.2 Å². The molecule has 4 heterocycles. The van der Waals surface area contributed by atoms with Crippen molar-refractivity contribution in [2.24, 2.45) is 12.8 Å². The van der Waals surface area contributed by atoms with Crippen LogP contribution in [0.2, 0.25) is 0 Å². The van der Waals surface area contributed by atoms with E-state index in [0.717, 1.165) is 25.0 Å². The highest BCUT2D eigenvalue weighted by molar-refractivity contribution is 5.74. The number of fused-ring (bicyclic) bond motifs is 1. The van der Waals surface area contributed by atoms with E-state index in [-0.39, 0.29) is 18.1 Å². The molecule has 3 aromatic heterocycles. The zero-order valence-corrected chi connectivity index (χ0v) is 18.5. The van der Waals surface area contributed by atoms with Gasteiger partial charge in [-0.1, -0.05) is 16.8 Å². The van der Waals surface area contributed by atoms with Gasteiger partial charge < -0.3 is 19.7 Å². The summed E-state index contributed by atoms with van der Waals surface area (Å²) in [6, 6.07) is 1.78. The summed E-state index contributed by atoms with van der Waals surface area (Å²) in [6.45, 7) is 7.79. The fourth-order valence-electron chi connectivity index (χ4n) is 4.03. The average molecular weight is 428 g/mol. The van der Waals surface area contributed by atoms with Crippen LogP contribution in [0, 0.1) is 6.92 Å². The van der Waals surface area contributed by atoms with E-state index < -0.39 is 5.69 Å². The lowest BCUT2D eigenvalue weighted by molar-refractivity contribution is 0.388. The summed E-state index contributed by atoms with van der Waals surface area (Å²) in [5, 5.41) is 3.94. The van der Waals surface area contributed by atoms with Crippen molar-refractivity contribution >= 4 is 17.1 Å². The lowest BCUT2D eigenvalue weighted by atomic mass is 10.1. The van der Waals surface area contributed by atoms with Crippen LogP contribution >= 0.6 is 0 Å². The van der Waals surface area contributed by atoms with Crippen molar-refractivity contribution < 1.29 is 4.52 Å². The van der Waals surface area contributed by atoms with E-state index in [1.807, 2.05) is 24.5 Å². The second-order valence-corrected chi connectivity index (χ2v) is 8.49. The van der Waals surface area contributed by atoms with Crippen LogP contribution in [0.1, 0.15) is 38.1 Å². The second-order valence-electron chi connectivity index (χ2n) is 8.49. The molecule has 10 nitrogen and oxygen atoms in total. The second kappa shape index (κ2) is 8.18. The highest BCUT2D eigenvalue weighted by Crippen LogP contribution is 2.23. The molecule has 1 saturated heterocycles. The van der Waals surface area contributed by atoms with Gasteiger partial charge in [0.25, 0.3) is 5.56 Å². The van der Waals surface area contributed by atoms with Crippen molar-refractivity contribution in [1.29, 1.82) is 0 Å². The number of aryl methyl sites for hydroxylation is 2. The number of rotatable bonds is 5. The van der Waals surface area contributed by atoms with Gasteiger partial charge in [-0.05, 0) is 33.6 Å². The Labute approximate surface area is 179 Å². The summed E-state index contributed by atoms with van der Waals surface area (Å²) in [4.78, 5) is 33.4. The molecule has 166 valence electrons. The highest BCUT2D eigenvalue weighted by Gasteiger charge is 2.26. The van der Waals surface area contributed by atoms with Gasteiger partial charge >= 0.3 is 5.69 Å². The Morgan fingerprint density at radius 2 is 2.10 bits per heavy atom. The number of nitrogens with zero attached hydrogens (tertiary/aromatic N) is 6. The SMILES string of the molecule is CC(C)=CCn1c(N2CCCC(N)C2)nc2c1c(=O)n(Cc1cc(C)on1)c(=O)n2C. The van der Waals surface area contributed by atoms with Crippen molar-refractivity contribution in [3.63, 3.8) is 0 Å². The van der Waals surface area contributed by atoms with Gasteiger partial charge in [0, 0.05) is 38.8 Å². The maximum Gasteiger partial charge on any atom is 0.332 e. The normalized spacial score (nSPS) is 16.8. The average Bonchev–Trinajstić information content (AvgIpc) is 3.31. The number of allylic oxidation sites excluding steroid dienone is 2. The fraction of sp³-hybridized carbons (Fsp3) is 0.524. The van der Waals surface area contributed by atoms with E-state index in [9.17, 15) is 9.59 Å². The molecule has 0 amide bonds. The third kappa shape index (κ3) is 3.95. The molecule has 0 bridgehead atoms. The van der Waals surface area contributed by atoms with Crippen LogP contribution in [0.4, 0.5) is 5.95 Å². The molecule has 4 rings (SSSR count). The molecule has 1 atom stereocenters. The predicted octanol–water partition coefficient (Wildman–Crippen LogP) is 1.14. The Morgan fingerprint density at radius 3 is 2.74 bits per heavy atom. The summed E-state index contributed by atoms with van der Waals surface area (Å²) in [7, 11) is 1.64. The Bertz CT molecular complexity index is 1260. The van der Waals surface area contributed by atoms with Crippen LogP contribution in [0.5, 0.6) is 0 Å². The molecule has 2 N–H and O–H groups in total. The zero-order chi connectivity index (χ0) is 22.3. The lowest BCUT2D eigenvalue weighted by Crippen LogP contribution is -2.44. The quantitative estimate of drug-likeness (QED) is 0.607. The fourth-order valence-corrected chi connectivity index (χ4v) is 4.03. The molecule has 1 fully saturated rings. The Morgan fingerprint density at radius 1 is 1.32 bits per heavy atom. The van der Waals surface area contributed by atoms with Gasteiger partial charge in [-0.15, -0.1) is 0 Å². The number of anilines is 1. The summed E-state index contributed by atoms with van der Waals surface area (Å²) in [5.74, 6) is 1.29. The highest BCUT2D eigenvalue weighted by atomic mass is 16.5. The smallest absolute Gasteiger partial charge is 0.332 e. The van der Waals surface area contributed by atoms with Gasteiger partial charge in [0.1, 0.15) is 11.5 Å². The van der Waals surface area contributed by atoms with E-state index >= 15 is 0 Å². The summed E-state index contributed by atoms with van der Waals surface area (Å²) in [5.41, 5.74) is 7.80. The van der Waals surface area contributed by atoms with Gasteiger partial charge in [0.05, 0.1) is 6.54 Å². The number of aromatic nitrogens is 5. The predicted molar refractivity (Wildman–Crippen MR) is 118 cm³/mol. The minimum Gasteiger partial charge on any atom is -0.361 e. The van der Waals surface area contributed by atoms with Crippen LogP contribution in [0.25, 0.3) is 11.2 Å². The van der Waals surface area contributed by atoms with Crippen molar-refractivity contribution in [2.45, 2.75) is 52.7 Å². The van der Waals surface area contributed by atoms with Crippen molar-refractivity contribution in [3.8, 4) is 0 Å². The zero-order valence-electron chi connectivity index (χ0n) is 18.5. The number of hydrogen-bond acceptors (Lipinski definition) is 7. The summed E-state index contributed by atoms with van der Waals surface area (Å²) >= 11 is 0. The first-order chi connectivity index (χ1) is 14.8. The first-order valence-electron chi connectivity index (χ1n) is 10.5. The van der Waals surface area contributed by atoms with Crippen molar-refractivity contribution in [3.05, 3.63) is 50.0 Å². The molecule has 0 radical (unpaired) electrons. The molecular formula is C21H29N7O3. The monoisotopic (exact) mass is 427 g/mol. The third-order valence-electron chi connectivity index (χ3n) is 5.63. The summed E-state index contributed by atoms with van der Waals surface area (Å²) in [6.07, 6.45) is 3.97. The Kier molecular flexibility index (Phi) is 5.57. The molecule has 1 unspecified atom stereocenters. The molecule has 1 aliphatic rings. The molecule has 3 aromatic rings. The van der Waals surface area contributed by atoms with E-state index in [4.69, 9.17) is 15.2 Å². The van der Waals surface area contributed by atoms with Gasteiger partial charge in [-0.2, -0.15) is 4.98 Å². The summed E-state index contributed by atoms with van der Waals surface area (Å²) < 4.78 is 9.61. The lowest BCUT2D eigenvalue weighted by Gasteiger charge is -2.31. The third-order valence-corrected chi connectivity index (χ3v) is 5.63. The molecule has 0 saturated carbocycles. The Balaban J connectivity index is 1.93. The topological polar surface area (TPSA) is 117 Å². The van der Waals surface area contributed by atoms with E-state index in [2.05, 4.69) is 10.1 Å². The molecule has 31 heavy (non-hydrogen) atoms. The van der Waals surface area contributed by atoms with Crippen LogP contribution in [-0.4, -0.2) is 43.0 Å². The minimum absolute atomic E-state index is 0.0382. The van der Waals surface area contributed by atoms with Crippen LogP contribution in [0.3, 0.4) is 0 Å². The molecule has 0 aromatic carbocycles. The van der Waals surface area contributed by atoms with Crippen LogP contribution in [-0.2, 0) is 20.1 Å². The van der Waals surface area contributed by atoms with Gasteiger partial charge in [0.2, 0.25) is 5.95 Å². The number of imidazole rings is 1. The molecule has 1 aliphatic heterocycles. The van der Waals surface area contributed by atoms with Crippen molar-refractivity contribution in [1.82, 2.24) is 23.8 Å². The number of nitrogens with two attached hydrogens (primary N) is 1. The minimum atomic E-state index is -0.438. The Hall–Kier alpha value is -3.14. The van der Waals surface area contributed by atoms with Gasteiger partial charge in [-0.25, -0.2) is 4.79 Å². The maximum absolute atomic E-state index is 13.5.